The van der Waals surface area contributed by atoms with E-state index in [1.54, 1.807) is 62.4 Å². The zero-order valence-electron chi connectivity index (χ0n) is 50.8. The second-order valence-corrected chi connectivity index (χ2v) is 25.4. The highest BCUT2D eigenvalue weighted by molar-refractivity contribution is 5.88. The van der Waals surface area contributed by atoms with Gasteiger partial charge in [0.15, 0.2) is 31.5 Å². The van der Waals surface area contributed by atoms with Crippen molar-refractivity contribution < 1.29 is 95.6 Å². The van der Waals surface area contributed by atoms with Crippen LogP contribution < -0.4 is 0 Å². The standard InChI is InChI=1S/C61H98O20/c1-16-30(2)58(64)77-47-24-41-40(61(65)22-20-39(31(3)62)60(47,61)10)18-17-37-23-38(19-21-59(37,41)9)76-48-26-43(67-12)54(33(5)72-48)79-50-28-45(69-14)56(35(7)74-50)81-52-29-46(70-15)57(36(8)75-52)80-51-27-44(68-13)55(34(6)73-51)78-49-25-42(66-11)53(63)32(4)71-49/h16-17,32-36,38-57,63,65H,18-29H2,1-15H3/b30-16+/t32-,33-,34-,35-,36-,38+,39-,40-,41+,42-,43+,44+,45+,46+,47-,48+,49+,50+,51+,52+,53-,54-,55-,56-,57-,59+,60+,61+/m1/s1. The second kappa shape index (κ2) is 26.1. The molecule has 0 amide bonds. The van der Waals surface area contributed by atoms with Gasteiger partial charge in [-0.15, -0.1) is 0 Å². The maximum atomic E-state index is 13.4. The van der Waals surface area contributed by atoms with Gasteiger partial charge in [0, 0.05) is 84.6 Å². The predicted octanol–water partition coefficient (Wildman–Crippen LogP) is 6.79. The molecule has 0 unspecified atom stereocenters. The zero-order valence-corrected chi connectivity index (χ0v) is 50.8. The Morgan fingerprint density at radius 2 is 1.00 bits per heavy atom. The van der Waals surface area contributed by atoms with E-state index in [1.807, 2.05) is 41.5 Å². The summed E-state index contributed by atoms with van der Waals surface area (Å²) < 4.78 is 101. The largest absolute Gasteiger partial charge is 0.458 e. The van der Waals surface area contributed by atoms with Crippen molar-refractivity contribution in [2.75, 3.05) is 35.5 Å². The number of Topliss-reactive ketones (excluding diaryl/α,β-unsaturated/α-hetero) is 1. The van der Waals surface area contributed by atoms with E-state index in [2.05, 4.69) is 13.0 Å². The first kappa shape index (κ1) is 63.4. The maximum absolute atomic E-state index is 13.4. The molecule has 9 rings (SSSR count). The van der Waals surface area contributed by atoms with Crippen LogP contribution in [-0.2, 0) is 85.4 Å². The van der Waals surface area contributed by atoms with Gasteiger partial charge in [-0.3, -0.25) is 4.79 Å². The molecule has 0 aromatic rings. The number of carbonyl (C=O) groups is 2. The number of hydrogen-bond donors (Lipinski definition) is 2. The van der Waals surface area contributed by atoms with E-state index in [0.29, 0.717) is 63.4 Å². The SMILES string of the molecule is C/C=C(\C)C(=O)O[C@@H]1C[C@H]2[C@@H](CC=C3C[C@@H](O[C@H]4C[C@H](OC)[C@H](O[C@H]5C[C@H](OC)[C@H](O[C@H]6C[C@H](OC)[C@H](O[C@H]7C[C@H](OC)[C@H](O[C@H]8C[C@@H](OC)[C@H](O)[C@@H](C)O8)[C@@H](C)O7)[C@@H](C)O6)[C@@H](C)O5)[C@@H](C)O4)CC[C@@]32C)[C@@]2(O)CC[C@H](C(C)=O)[C@@]12C. The molecular formula is C61H98O20. The number of ketones is 1. The molecular weight excluding hydrogens is 1050 g/mol. The number of carbonyl (C=O) groups excluding carboxylic acids is 2. The number of esters is 1. The first-order valence-corrected chi connectivity index (χ1v) is 30.2. The summed E-state index contributed by atoms with van der Waals surface area (Å²) >= 11 is 0. The molecule has 4 aliphatic carbocycles. The molecule has 5 heterocycles. The van der Waals surface area contributed by atoms with Crippen LogP contribution in [-0.4, -0.2) is 198 Å². The van der Waals surface area contributed by atoms with Crippen molar-refractivity contribution in [2.24, 2.45) is 28.6 Å². The van der Waals surface area contributed by atoms with Crippen molar-refractivity contribution in [3.8, 4) is 0 Å². The normalized spacial score (nSPS) is 49.5. The third-order valence-corrected chi connectivity index (χ3v) is 21.0. The van der Waals surface area contributed by atoms with Gasteiger partial charge in [-0.25, -0.2) is 4.79 Å². The Kier molecular flexibility index (Phi) is 20.4. The Balaban J connectivity index is 0.763. The predicted molar refractivity (Wildman–Crippen MR) is 291 cm³/mol. The van der Waals surface area contributed by atoms with E-state index in [4.69, 9.17) is 75.8 Å². The minimum atomic E-state index is -1.16. The van der Waals surface area contributed by atoms with Crippen LogP contribution in [0.5, 0.6) is 0 Å². The highest BCUT2D eigenvalue weighted by Crippen LogP contribution is 2.69. The fraction of sp³-hybridized carbons (Fsp3) is 0.902. The summed E-state index contributed by atoms with van der Waals surface area (Å²) in [6.45, 7) is 19.1. The molecule has 0 radical (unpaired) electrons. The van der Waals surface area contributed by atoms with Crippen molar-refractivity contribution in [1.82, 2.24) is 0 Å². The van der Waals surface area contributed by atoms with Crippen LogP contribution in [0, 0.1) is 28.6 Å². The number of aliphatic hydroxyl groups excluding tert-OH is 1. The Morgan fingerprint density at radius 3 is 1.42 bits per heavy atom. The number of allylic oxidation sites excluding steroid dienone is 2. The molecule has 20 heteroatoms. The maximum Gasteiger partial charge on any atom is 0.333 e. The summed E-state index contributed by atoms with van der Waals surface area (Å²) in [4.78, 5) is 26.6. The van der Waals surface area contributed by atoms with Gasteiger partial charge < -0.3 is 86.0 Å². The highest BCUT2D eigenvalue weighted by Gasteiger charge is 2.71. The van der Waals surface area contributed by atoms with Gasteiger partial charge in [0.05, 0.1) is 72.7 Å². The Bertz CT molecular complexity index is 2200. The van der Waals surface area contributed by atoms with Gasteiger partial charge in [0.2, 0.25) is 0 Å². The lowest BCUT2D eigenvalue weighted by Crippen LogP contribution is -2.66. The fourth-order valence-electron chi connectivity index (χ4n) is 16.1. The van der Waals surface area contributed by atoms with E-state index in [0.717, 1.165) is 19.3 Å². The van der Waals surface area contributed by atoms with E-state index in [1.165, 1.54) is 5.57 Å². The molecule has 8 fully saturated rings. The molecule has 9 aliphatic rings. The summed E-state index contributed by atoms with van der Waals surface area (Å²) in [5.74, 6) is -0.746. The number of fused-ring (bicyclic) bond motifs is 5. The van der Waals surface area contributed by atoms with Gasteiger partial charge in [0.25, 0.3) is 0 Å². The van der Waals surface area contributed by atoms with Crippen LogP contribution in [0.25, 0.3) is 0 Å². The molecule has 2 N–H and O–H groups in total. The quantitative estimate of drug-likeness (QED) is 0.0819. The average molecular weight is 1150 g/mol. The molecule has 0 aromatic carbocycles. The molecule has 81 heavy (non-hydrogen) atoms. The number of ether oxygens (including phenoxy) is 16. The first-order chi connectivity index (χ1) is 38.5. The molecule has 0 bridgehead atoms. The number of hydrogen-bond acceptors (Lipinski definition) is 20. The third-order valence-electron chi connectivity index (χ3n) is 21.0. The summed E-state index contributed by atoms with van der Waals surface area (Å²) in [6, 6.07) is 0. The molecule has 3 saturated carbocycles. The molecule has 28 atom stereocenters. The first-order valence-electron chi connectivity index (χ1n) is 30.2. The van der Waals surface area contributed by atoms with Crippen LogP contribution in [0.1, 0.15) is 146 Å². The molecule has 0 aromatic heterocycles. The third kappa shape index (κ3) is 12.5. The molecule has 5 aliphatic heterocycles. The monoisotopic (exact) mass is 1150 g/mol. The topological polar surface area (TPSA) is 222 Å². The lowest BCUT2D eigenvalue weighted by molar-refractivity contribution is -0.352. The van der Waals surface area contributed by atoms with Crippen LogP contribution in [0.3, 0.4) is 0 Å². The number of rotatable bonds is 18. The lowest BCUT2D eigenvalue weighted by atomic mass is 9.45. The van der Waals surface area contributed by atoms with Crippen molar-refractivity contribution >= 4 is 11.8 Å². The van der Waals surface area contributed by atoms with Gasteiger partial charge in [-0.05, 0) is 118 Å². The minimum absolute atomic E-state index is 0.0391. The second-order valence-electron chi connectivity index (χ2n) is 25.4. The van der Waals surface area contributed by atoms with E-state index < -0.39 is 128 Å². The van der Waals surface area contributed by atoms with Crippen molar-refractivity contribution in [3.63, 3.8) is 0 Å². The number of methoxy groups -OCH3 is 5. The lowest BCUT2D eigenvalue weighted by Gasteiger charge is -2.63. The number of aliphatic hydroxyl groups is 2. The van der Waals surface area contributed by atoms with E-state index >= 15 is 0 Å². The Morgan fingerprint density at radius 1 is 0.580 bits per heavy atom. The smallest absolute Gasteiger partial charge is 0.333 e. The Hall–Kier alpha value is -2.06. The summed E-state index contributed by atoms with van der Waals surface area (Å²) in [5, 5.41) is 23.4. The van der Waals surface area contributed by atoms with Gasteiger partial charge >= 0.3 is 5.97 Å². The van der Waals surface area contributed by atoms with Crippen molar-refractivity contribution in [1.29, 1.82) is 0 Å². The zero-order chi connectivity index (χ0) is 58.5. The van der Waals surface area contributed by atoms with Crippen LogP contribution in [0.4, 0.5) is 0 Å². The summed E-state index contributed by atoms with van der Waals surface area (Å²) in [5.41, 5.74) is -0.462. The summed E-state index contributed by atoms with van der Waals surface area (Å²) in [7, 11) is 8.22. The van der Waals surface area contributed by atoms with Gasteiger partial charge in [-0.2, -0.15) is 0 Å². The summed E-state index contributed by atoms with van der Waals surface area (Å²) in [6.07, 6.45) is 0.391. The van der Waals surface area contributed by atoms with Crippen molar-refractivity contribution in [2.45, 2.75) is 287 Å². The highest BCUT2D eigenvalue weighted by atomic mass is 16.8. The molecule has 0 spiro atoms. The minimum Gasteiger partial charge on any atom is -0.458 e. The van der Waals surface area contributed by atoms with Crippen LogP contribution in [0.15, 0.2) is 23.3 Å². The Labute approximate surface area is 480 Å². The van der Waals surface area contributed by atoms with Gasteiger partial charge in [-0.1, -0.05) is 31.6 Å². The van der Waals surface area contributed by atoms with Crippen LogP contribution in [0.2, 0.25) is 0 Å². The van der Waals surface area contributed by atoms with Crippen LogP contribution >= 0.6 is 0 Å². The fourth-order valence-corrected chi connectivity index (χ4v) is 16.1. The molecule has 462 valence electrons. The average Bonchev–Trinajstić information content (AvgIpc) is 2.06. The molecule has 5 saturated heterocycles. The van der Waals surface area contributed by atoms with E-state index in [9.17, 15) is 19.8 Å². The van der Waals surface area contributed by atoms with E-state index in [-0.39, 0.29) is 53.4 Å². The molecule has 20 nitrogen and oxygen atoms in total. The van der Waals surface area contributed by atoms with Gasteiger partial charge in [0.1, 0.15) is 42.4 Å². The van der Waals surface area contributed by atoms with Crippen molar-refractivity contribution in [3.05, 3.63) is 23.3 Å².